The van der Waals surface area contributed by atoms with Crippen molar-refractivity contribution in [2.24, 2.45) is 10.9 Å². The summed E-state index contributed by atoms with van der Waals surface area (Å²) >= 11 is 4.52. The Labute approximate surface area is 132 Å². The molecule has 0 aromatic heterocycles. The second-order valence-corrected chi connectivity index (χ2v) is 5.95. The highest BCUT2D eigenvalue weighted by Crippen LogP contribution is 2.37. The first kappa shape index (κ1) is 15.3. The van der Waals surface area contributed by atoms with Gasteiger partial charge in [-0.2, -0.15) is 0 Å². The van der Waals surface area contributed by atoms with Gasteiger partial charge in [-0.25, -0.2) is 0 Å². The molecule has 21 heavy (non-hydrogen) atoms. The minimum atomic E-state index is -0.441. The molecule has 8 heteroatoms. The van der Waals surface area contributed by atoms with E-state index in [0.29, 0.717) is 15.4 Å². The normalized spacial score (nSPS) is 11.4. The van der Waals surface area contributed by atoms with Crippen molar-refractivity contribution in [1.29, 1.82) is 0 Å². The Kier molecular flexibility index (Phi) is 4.81. The second kappa shape index (κ2) is 6.59. The number of halogens is 1. The Morgan fingerprint density at radius 2 is 2.00 bits per heavy atom. The first-order valence-electron chi connectivity index (χ1n) is 5.71. The molecule has 0 spiro atoms. The molecule has 0 fully saturated rings. The molecule has 6 nitrogen and oxygen atoms in total. The molecule has 0 aliphatic rings. The molecule has 3 N–H and O–H groups in total. The number of amidine groups is 1. The van der Waals surface area contributed by atoms with Gasteiger partial charge in [0.05, 0.1) is 9.82 Å². The summed E-state index contributed by atoms with van der Waals surface area (Å²) in [6.07, 6.45) is 0. The molecule has 2 aromatic rings. The van der Waals surface area contributed by atoms with E-state index in [1.807, 2.05) is 0 Å². The molecule has 0 bridgehead atoms. The number of nitrogens with two attached hydrogens (primary N) is 1. The Hall–Kier alpha value is -2.06. The fourth-order valence-electron chi connectivity index (χ4n) is 1.66. The fraction of sp³-hybridized carbons (Fsp3) is 0. The quantitative estimate of drug-likeness (QED) is 0.282. The van der Waals surface area contributed by atoms with E-state index in [4.69, 9.17) is 10.9 Å². The van der Waals surface area contributed by atoms with Crippen molar-refractivity contribution in [3.05, 3.63) is 62.6 Å². The monoisotopic (exact) mass is 367 g/mol. The van der Waals surface area contributed by atoms with Gasteiger partial charge in [-0.1, -0.05) is 45.0 Å². The van der Waals surface area contributed by atoms with Gasteiger partial charge >= 0.3 is 0 Å². The van der Waals surface area contributed by atoms with Crippen LogP contribution in [0.1, 0.15) is 5.56 Å². The lowest BCUT2D eigenvalue weighted by atomic mass is 10.2. The van der Waals surface area contributed by atoms with Crippen LogP contribution in [0.15, 0.2) is 61.9 Å². The lowest BCUT2D eigenvalue weighted by Gasteiger charge is -2.09. The van der Waals surface area contributed by atoms with Gasteiger partial charge in [0.15, 0.2) is 5.84 Å². The van der Waals surface area contributed by atoms with E-state index in [-0.39, 0.29) is 11.5 Å². The summed E-state index contributed by atoms with van der Waals surface area (Å²) in [6, 6.07) is 11.6. The maximum atomic E-state index is 11.0. The number of hydrogen-bond acceptors (Lipinski definition) is 5. The van der Waals surface area contributed by atoms with Crippen molar-refractivity contribution in [2.45, 2.75) is 9.79 Å². The summed E-state index contributed by atoms with van der Waals surface area (Å²) in [5.41, 5.74) is 6.15. The number of rotatable bonds is 4. The van der Waals surface area contributed by atoms with Gasteiger partial charge in [0, 0.05) is 21.0 Å². The Bertz CT molecular complexity index is 722. The molecule has 0 heterocycles. The summed E-state index contributed by atoms with van der Waals surface area (Å²) in [6.45, 7) is 0. The van der Waals surface area contributed by atoms with Gasteiger partial charge in [0.2, 0.25) is 0 Å². The number of benzene rings is 2. The molecule has 0 unspecified atom stereocenters. The third kappa shape index (κ3) is 3.53. The van der Waals surface area contributed by atoms with Crippen molar-refractivity contribution in [2.75, 3.05) is 0 Å². The van der Waals surface area contributed by atoms with Crippen molar-refractivity contribution in [3.63, 3.8) is 0 Å². The highest BCUT2D eigenvalue weighted by atomic mass is 79.9. The maximum Gasteiger partial charge on any atom is 0.283 e. The molecule has 0 aliphatic carbocycles. The molecular weight excluding hydrogens is 358 g/mol. The largest absolute Gasteiger partial charge is 0.409 e. The average molecular weight is 368 g/mol. The van der Waals surface area contributed by atoms with Crippen molar-refractivity contribution in [1.82, 2.24) is 0 Å². The van der Waals surface area contributed by atoms with Crippen molar-refractivity contribution < 1.29 is 10.1 Å². The molecule has 0 aliphatic heterocycles. The second-order valence-electron chi connectivity index (χ2n) is 3.95. The summed E-state index contributed by atoms with van der Waals surface area (Å²) < 4.78 is 0.790. The van der Waals surface area contributed by atoms with Gasteiger partial charge in [0.1, 0.15) is 0 Å². The summed E-state index contributed by atoms with van der Waals surface area (Å²) in [4.78, 5) is 11.7. The van der Waals surface area contributed by atoms with E-state index < -0.39 is 4.92 Å². The average Bonchev–Trinajstić information content (AvgIpc) is 2.47. The zero-order valence-corrected chi connectivity index (χ0v) is 13.0. The van der Waals surface area contributed by atoms with Crippen LogP contribution in [0.4, 0.5) is 5.69 Å². The number of para-hydroxylation sites is 1. The van der Waals surface area contributed by atoms with E-state index in [0.717, 1.165) is 4.47 Å². The Morgan fingerprint density at radius 1 is 1.29 bits per heavy atom. The standard InChI is InChI=1S/C13H10BrN3O3S/c14-8-5-6-9(13(15)16-18)12(7-8)21-11-4-2-1-3-10(11)17(19)20/h1-7,18H,(H2,15,16). The van der Waals surface area contributed by atoms with Crippen molar-refractivity contribution in [3.8, 4) is 0 Å². The van der Waals surface area contributed by atoms with Gasteiger partial charge in [-0.05, 0) is 24.3 Å². The third-order valence-electron chi connectivity index (χ3n) is 2.61. The van der Waals surface area contributed by atoms with Gasteiger partial charge in [-0.15, -0.1) is 0 Å². The Morgan fingerprint density at radius 3 is 2.67 bits per heavy atom. The summed E-state index contributed by atoms with van der Waals surface area (Å²) in [5.74, 6) is -0.0522. The molecule has 0 atom stereocenters. The van der Waals surface area contributed by atoms with E-state index in [9.17, 15) is 10.1 Å². The zero-order chi connectivity index (χ0) is 15.4. The molecule has 2 rings (SSSR count). The van der Waals surface area contributed by atoms with Crippen LogP contribution in [0.3, 0.4) is 0 Å². The van der Waals surface area contributed by atoms with Crippen LogP contribution in [0.5, 0.6) is 0 Å². The lowest BCUT2D eigenvalue weighted by Crippen LogP contribution is -2.14. The number of nitro groups is 1. The van der Waals surface area contributed by atoms with Crippen LogP contribution in [-0.2, 0) is 0 Å². The summed E-state index contributed by atoms with van der Waals surface area (Å²) in [5, 5.41) is 22.9. The van der Waals surface area contributed by atoms with Crippen LogP contribution in [-0.4, -0.2) is 16.0 Å². The summed E-state index contributed by atoms with van der Waals surface area (Å²) in [7, 11) is 0. The fourth-order valence-corrected chi connectivity index (χ4v) is 3.27. The minimum absolute atomic E-state index is 0.00735. The van der Waals surface area contributed by atoms with E-state index >= 15 is 0 Å². The lowest BCUT2D eigenvalue weighted by molar-refractivity contribution is -0.387. The van der Waals surface area contributed by atoms with Crippen LogP contribution in [0.25, 0.3) is 0 Å². The van der Waals surface area contributed by atoms with Crippen LogP contribution in [0.2, 0.25) is 0 Å². The molecule has 108 valence electrons. The Balaban J connectivity index is 2.49. The third-order valence-corrected chi connectivity index (χ3v) is 4.23. The number of nitrogens with zero attached hydrogens (tertiary/aromatic N) is 2. The minimum Gasteiger partial charge on any atom is -0.409 e. The predicted molar refractivity (Wildman–Crippen MR) is 83.9 cm³/mol. The molecule has 2 aromatic carbocycles. The molecular formula is C13H10BrN3O3S. The van der Waals surface area contributed by atoms with Gasteiger partial charge < -0.3 is 10.9 Å². The topological polar surface area (TPSA) is 102 Å². The number of nitro benzene ring substituents is 1. The van der Waals surface area contributed by atoms with Crippen LogP contribution in [0, 0.1) is 10.1 Å². The molecule has 0 amide bonds. The molecule has 0 radical (unpaired) electrons. The molecule has 0 saturated carbocycles. The van der Waals surface area contributed by atoms with Gasteiger partial charge in [-0.3, -0.25) is 10.1 Å². The number of oxime groups is 1. The first-order chi connectivity index (χ1) is 10.0. The van der Waals surface area contributed by atoms with E-state index in [1.54, 1.807) is 36.4 Å². The van der Waals surface area contributed by atoms with Crippen molar-refractivity contribution >= 4 is 39.2 Å². The highest BCUT2D eigenvalue weighted by Gasteiger charge is 2.16. The highest BCUT2D eigenvalue weighted by molar-refractivity contribution is 9.10. The zero-order valence-electron chi connectivity index (χ0n) is 10.6. The smallest absolute Gasteiger partial charge is 0.283 e. The molecule has 0 saturated heterocycles. The van der Waals surface area contributed by atoms with E-state index in [1.165, 1.54) is 17.8 Å². The SMILES string of the molecule is N/C(=N/O)c1ccc(Br)cc1Sc1ccccc1[N+](=O)[O-]. The maximum absolute atomic E-state index is 11.0. The first-order valence-corrected chi connectivity index (χ1v) is 7.32. The van der Waals surface area contributed by atoms with Crippen LogP contribution >= 0.6 is 27.7 Å². The van der Waals surface area contributed by atoms with E-state index in [2.05, 4.69) is 21.1 Å². The van der Waals surface area contributed by atoms with Crippen LogP contribution < -0.4 is 5.73 Å². The number of hydrogen-bond donors (Lipinski definition) is 2. The van der Waals surface area contributed by atoms with Gasteiger partial charge in [0.25, 0.3) is 5.69 Å². The predicted octanol–water partition coefficient (Wildman–Crippen LogP) is 3.60.